The molecular formula is C58H42IrN5. The predicted octanol–water partition coefficient (Wildman–Crippen LogP) is 13.0. The van der Waals surface area contributed by atoms with Gasteiger partial charge in [-0.2, -0.15) is 0 Å². The fourth-order valence-corrected chi connectivity index (χ4v) is 8.11. The minimum absolute atomic E-state index is 0. The van der Waals surface area contributed by atoms with Crippen LogP contribution in [-0.4, -0.2) is 24.5 Å². The third-order valence-electron chi connectivity index (χ3n) is 11.4. The van der Waals surface area contributed by atoms with Crippen LogP contribution in [0.5, 0.6) is 0 Å². The van der Waals surface area contributed by atoms with E-state index in [1.54, 1.807) is 0 Å². The quantitative estimate of drug-likeness (QED) is 0.108. The van der Waals surface area contributed by atoms with E-state index in [9.17, 15) is 0 Å². The fraction of sp³-hybridized carbons (Fsp3) is 0.0690. The summed E-state index contributed by atoms with van der Waals surface area (Å²) in [6.45, 7) is 0. The van der Waals surface area contributed by atoms with E-state index in [0.717, 1.165) is 87.7 Å². The first-order valence-electron chi connectivity index (χ1n) is 21.3. The summed E-state index contributed by atoms with van der Waals surface area (Å²) in [5, 5.41) is 0. The van der Waals surface area contributed by atoms with Crippen LogP contribution in [0.25, 0.3) is 73.1 Å². The van der Waals surface area contributed by atoms with Crippen LogP contribution < -0.4 is 0 Å². The van der Waals surface area contributed by atoms with Crippen molar-refractivity contribution < 1.29 is 20.1 Å². The van der Waals surface area contributed by atoms with Crippen molar-refractivity contribution in [1.82, 2.24) is 24.5 Å². The second-order valence-corrected chi connectivity index (χ2v) is 15.6. The van der Waals surface area contributed by atoms with Gasteiger partial charge in [0.1, 0.15) is 5.82 Å². The molecule has 0 aliphatic carbocycles. The van der Waals surface area contributed by atoms with E-state index in [0.29, 0.717) is 0 Å². The zero-order chi connectivity index (χ0) is 42.2. The third-order valence-corrected chi connectivity index (χ3v) is 11.4. The molecule has 0 N–H and O–H groups in total. The molecule has 0 fully saturated rings. The van der Waals surface area contributed by atoms with Gasteiger partial charge in [0.05, 0.1) is 0 Å². The number of nitrogens with zero attached hydrogens (tertiary/aromatic N) is 5. The molecule has 5 nitrogen and oxygen atoms in total. The molecule has 10 aromatic rings. The van der Waals surface area contributed by atoms with Gasteiger partial charge in [-0.3, -0.25) is 0 Å². The Morgan fingerprint density at radius 3 is 1.41 bits per heavy atom. The Hall–Kier alpha value is -7.37. The SMILES string of the molecule is [Ir+3].[c-]1cc(CCc2cc(CCc3c[c-]c(-c4ccccn4)cc3)cc(-c3nccn3-c3c[c-]c(-c4ccccn4)cc3-c3ccc(-c4ccccc4)cc3)c2)ccc1-c1ccccn1. The number of pyridine rings is 3. The monoisotopic (exact) mass is 1000 g/mol. The van der Waals surface area contributed by atoms with E-state index in [1.165, 1.54) is 33.4 Å². The number of hydrogen-bond acceptors (Lipinski definition) is 4. The average Bonchev–Trinajstić information content (AvgIpc) is 3.87. The fourth-order valence-electron chi connectivity index (χ4n) is 8.11. The van der Waals surface area contributed by atoms with Gasteiger partial charge in [0.2, 0.25) is 0 Å². The summed E-state index contributed by atoms with van der Waals surface area (Å²) in [5.74, 6) is 0.875. The van der Waals surface area contributed by atoms with Crippen LogP contribution in [0, 0.1) is 18.2 Å². The third kappa shape index (κ3) is 9.65. The summed E-state index contributed by atoms with van der Waals surface area (Å²) in [4.78, 5) is 18.7. The number of benzene rings is 6. The maximum atomic E-state index is 5.04. The smallest absolute Gasteiger partial charge is 0.340 e. The van der Waals surface area contributed by atoms with Crippen LogP contribution in [0.1, 0.15) is 22.3 Å². The van der Waals surface area contributed by atoms with Crippen molar-refractivity contribution in [1.29, 1.82) is 0 Å². The van der Waals surface area contributed by atoms with Gasteiger partial charge < -0.3 is 19.5 Å². The molecule has 0 spiro atoms. The van der Waals surface area contributed by atoms with Gasteiger partial charge in [-0.25, -0.2) is 4.98 Å². The zero-order valence-electron chi connectivity index (χ0n) is 35.0. The Labute approximate surface area is 388 Å². The Balaban J connectivity index is 0.00000518. The number of hydrogen-bond donors (Lipinski definition) is 0. The van der Waals surface area contributed by atoms with E-state index in [-0.39, 0.29) is 20.1 Å². The van der Waals surface area contributed by atoms with Gasteiger partial charge in [0.15, 0.2) is 0 Å². The standard InChI is InChI=1S/C58H42N5.Ir/c1-2-10-46(11-3-1)47-27-29-48(30-28-47)53-41-51(56-14-6-9-35-61-56)31-32-57(53)63-37-36-62-58(63)52-39-44(17-15-42-19-23-49(24-20-42)54-12-4-7-33-59-54)38-45(40-52)18-16-43-21-25-50(26-22-43)55-13-5-8-34-60-55;/h1-14,19-23,25,27-30,32-41H,15-18H2;/q-3;+3. The van der Waals surface area contributed by atoms with Gasteiger partial charge in [-0.15, -0.1) is 94.5 Å². The summed E-state index contributed by atoms with van der Waals surface area (Å²) in [6, 6.07) is 71.8. The maximum Gasteiger partial charge on any atom is 3.00 e. The molecule has 4 heterocycles. The first kappa shape index (κ1) is 42.0. The molecule has 6 heteroatoms. The van der Waals surface area contributed by atoms with Crippen LogP contribution in [0.15, 0.2) is 207 Å². The van der Waals surface area contributed by atoms with E-state index < -0.39 is 0 Å². The van der Waals surface area contributed by atoms with Gasteiger partial charge in [0, 0.05) is 36.5 Å². The number of imidazole rings is 1. The van der Waals surface area contributed by atoms with Gasteiger partial charge in [-0.05, 0) is 93.8 Å². The topological polar surface area (TPSA) is 56.5 Å². The van der Waals surface area contributed by atoms with Crippen LogP contribution in [-0.2, 0) is 45.8 Å². The second kappa shape index (κ2) is 19.8. The normalized spacial score (nSPS) is 10.9. The molecule has 10 rings (SSSR count). The zero-order valence-corrected chi connectivity index (χ0v) is 37.4. The molecule has 0 radical (unpaired) electrons. The Morgan fingerprint density at radius 2 is 0.875 bits per heavy atom. The molecular weight excluding hydrogens is 959 g/mol. The van der Waals surface area contributed by atoms with Gasteiger partial charge >= 0.3 is 20.1 Å². The maximum absolute atomic E-state index is 5.04. The van der Waals surface area contributed by atoms with Crippen molar-refractivity contribution in [2.45, 2.75) is 25.7 Å². The summed E-state index contributed by atoms with van der Waals surface area (Å²) in [5.41, 5.74) is 17.2. The molecule has 0 saturated carbocycles. The Bertz CT molecular complexity index is 2960. The first-order valence-corrected chi connectivity index (χ1v) is 21.3. The van der Waals surface area contributed by atoms with E-state index >= 15 is 0 Å². The minimum atomic E-state index is 0. The molecule has 6 aromatic carbocycles. The summed E-state index contributed by atoms with van der Waals surface area (Å²) < 4.78 is 2.21. The molecule has 0 bridgehead atoms. The summed E-state index contributed by atoms with van der Waals surface area (Å²) in [6.07, 6.45) is 12.9. The molecule has 308 valence electrons. The van der Waals surface area contributed by atoms with E-state index in [4.69, 9.17) is 4.98 Å². The molecule has 0 unspecified atom stereocenters. The van der Waals surface area contributed by atoms with Crippen LogP contribution in [0.4, 0.5) is 0 Å². The number of aromatic nitrogens is 5. The Morgan fingerprint density at radius 1 is 0.375 bits per heavy atom. The molecule has 0 atom stereocenters. The molecule has 0 aliphatic heterocycles. The van der Waals surface area contributed by atoms with Crippen LogP contribution >= 0.6 is 0 Å². The van der Waals surface area contributed by atoms with Crippen LogP contribution in [0.2, 0.25) is 0 Å². The minimum Gasteiger partial charge on any atom is -0.340 e. The predicted molar refractivity (Wildman–Crippen MR) is 254 cm³/mol. The number of aryl methyl sites for hydroxylation is 4. The second-order valence-electron chi connectivity index (χ2n) is 15.6. The average molecular weight is 1000 g/mol. The van der Waals surface area contributed by atoms with Gasteiger partial charge in [-0.1, -0.05) is 115 Å². The Kier molecular flexibility index (Phi) is 13.0. The summed E-state index contributed by atoms with van der Waals surface area (Å²) >= 11 is 0. The van der Waals surface area contributed by atoms with E-state index in [2.05, 4.69) is 159 Å². The van der Waals surface area contributed by atoms with Crippen molar-refractivity contribution in [3.8, 4) is 73.1 Å². The summed E-state index contributed by atoms with van der Waals surface area (Å²) in [7, 11) is 0. The molecule has 0 amide bonds. The molecule has 0 aliphatic rings. The van der Waals surface area contributed by atoms with Crippen molar-refractivity contribution in [2.24, 2.45) is 0 Å². The van der Waals surface area contributed by atoms with E-state index in [1.807, 2.05) is 85.5 Å². The molecule has 4 aromatic heterocycles. The van der Waals surface area contributed by atoms with Crippen LogP contribution in [0.3, 0.4) is 0 Å². The van der Waals surface area contributed by atoms with Crippen molar-refractivity contribution in [2.75, 3.05) is 0 Å². The number of rotatable bonds is 13. The molecule has 64 heavy (non-hydrogen) atoms. The van der Waals surface area contributed by atoms with Crippen molar-refractivity contribution in [3.63, 3.8) is 0 Å². The van der Waals surface area contributed by atoms with Crippen molar-refractivity contribution >= 4 is 0 Å². The first-order chi connectivity index (χ1) is 31.2. The largest absolute Gasteiger partial charge is 3.00 e. The van der Waals surface area contributed by atoms with Gasteiger partial charge in [0.25, 0.3) is 0 Å². The van der Waals surface area contributed by atoms with Crippen molar-refractivity contribution in [3.05, 3.63) is 247 Å². The molecule has 0 saturated heterocycles.